The molecule has 110 valence electrons. The number of benzene rings is 1. The molecule has 5 heteroatoms. The molecule has 2 rings (SSSR count). The van der Waals surface area contributed by atoms with Crippen molar-refractivity contribution in [2.75, 3.05) is 19.6 Å². The second-order valence-corrected chi connectivity index (χ2v) is 5.17. The average molecular weight is 277 g/mol. The lowest BCUT2D eigenvalue weighted by Gasteiger charge is -2.35. The predicted molar refractivity (Wildman–Crippen MR) is 78.0 cm³/mol. The van der Waals surface area contributed by atoms with E-state index in [2.05, 4.69) is 10.2 Å². The second-order valence-electron chi connectivity index (χ2n) is 5.17. The van der Waals surface area contributed by atoms with E-state index in [1.165, 1.54) is 0 Å². The minimum Gasteiger partial charge on any atom is -0.387 e. The molecule has 1 saturated heterocycles. The molecule has 1 aromatic rings. The van der Waals surface area contributed by atoms with Gasteiger partial charge in [-0.2, -0.15) is 0 Å². The molecule has 0 saturated carbocycles. The molecule has 1 aromatic carbocycles. The van der Waals surface area contributed by atoms with Crippen LogP contribution < -0.4 is 11.1 Å². The van der Waals surface area contributed by atoms with Crippen LogP contribution in [-0.2, 0) is 11.3 Å². The maximum Gasteiger partial charge on any atom is 0.237 e. The number of carbonyl (C=O) groups is 1. The molecular formula is C15H23N3O2. The van der Waals surface area contributed by atoms with Gasteiger partial charge in [0.05, 0.1) is 12.1 Å². The Morgan fingerprint density at radius 1 is 1.45 bits per heavy atom. The molecule has 0 radical (unpaired) electrons. The highest BCUT2D eigenvalue weighted by Crippen LogP contribution is 2.18. The van der Waals surface area contributed by atoms with E-state index in [4.69, 9.17) is 5.73 Å². The minimum atomic E-state index is -0.582. The molecule has 4 N–H and O–H groups in total. The number of carbonyl (C=O) groups excluding carboxylic acids is 1. The Morgan fingerprint density at radius 3 is 2.75 bits per heavy atom. The maximum atomic E-state index is 11.8. The van der Waals surface area contributed by atoms with Crippen LogP contribution in [0.1, 0.15) is 30.6 Å². The summed E-state index contributed by atoms with van der Waals surface area (Å²) in [6.07, 6.45) is 0.173. The van der Waals surface area contributed by atoms with Crippen molar-refractivity contribution in [2.45, 2.75) is 32.0 Å². The van der Waals surface area contributed by atoms with E-state index < -0.39 is 6.10 Å². The standard InChI is InChI=1S/C15H23N3O2/c1-2-13-15(20)17-7-8-18(13)10-14(19)12-5-3-11(9-16)4-6-12/h3-6,13-14,19H,2,7-10,16H2,1H3,(H,17,20). The Labute approximate surface area is 119 Å². The van der Waals surface area contributed by atoms with E-state index in [1.807, 2.05) is 31.2 Å². The van der Waals surface area contributed by atoms with Crippen LogP contribution in [0.15, 0.2) is 24.3 Å². The molecule has 0 spiro atoms. The first-order valence-corrected chi connectivity index (χ1v) is 7.14. The number of aliphatic hydroxyl groups excluding tert-OH is 1. The summed E-state index contributed by atoms with van der Waals surface area (Å²) in [5.74, 6) is 0.0597. The third-order valence-corrected chi connectivity index (χ3v) is 3.84. The lowest BCUT2D eigenvalue weighted by Crippen LogP contribution is -2.55. The Balaban J connectivity index is 2.01. The summed E-state index contributed by atoms with van der Waals surface area (Å²) < 4.78 is 0. The van der Waals surface area contributed by atoms with Gasteiger partial charge in [0.2, 0.25) is 5.91 Å². The number of hydrogen-bond donors (Lipinski definition) is 3. The van der Waals surface area contributed by atoms with Crippen LogP contribution in [0.25, 0.3) is 0 Å². The van der Waals surface area contributed by atoms with Gasteiger partial charge in [0.15, 0.2) is 0 Å². The van der Waals surface area contributed by atoms with Gasteiger partial charge in [0.25, 0.3) is 0 Å². The first-order chi connectivity index (χ1) is 9.65. The number of hydrogen-bond acceptors (Lipinski definition) is 4. The SMILES string of the molecule is CCC1C(=O)NCCN1CC(O)c1ccc(CN)cc1. The number of β-amino-alcohol motifs (C(OH)–C–C–N with tert-alkyl or cyclic N) is 1. The van der Waals surface area contributed by atoms with Crippen LogP contribution >= 0.6 is 0 Å². The molecule has 1 fully saturated rings. The molecule has 5 nitrogen and oxygen atoms in total. The van der Waals surface area contributed by atoms with Crippen LogP contribution in [0, 0.1) is 0 Å². The third kappa shape index (κ3) is 3.36. The highest BCUT2D eigenvalue weighted by atomic mass is 16.3. The van der Waals surface area contributed by atoms with Crippen molar-refractivity contribution in [1.82, 2.24) is 10.2 Å². The topological polar surface area (TPSA) is 78.6 Å². The average Bonchev–Trinajstić information content (AvgIpc) is 2.47. The van der Waals surface area contributed by atoms with Gasteiger partial charge < -0.3 is 16.2 Å². The fourth-order valence-electron chi connectivity index (χ4n) is 2.63. The zero-order valence-corrected chi connectivity index (χ0v) is 11.9. The first kappa shape index (κ1) is 15.0. The smallest absolute Gasteiger partial charge is 0.237 e. The van der Waals surface area contributed by atoms with Gasteiger partial charge in [0.1, 0.15) is 0 Å². The molecule has 2 unspecified atom stereocenters. The van der Waals surface area contributed by atoms with Crippen LogP contribution in [0.4, 0.5) is 0 Å². The number of piperazine rings is 1. The molecule has 20 heavy (non-hydrogen) atoms. The number of nitrogens with two attached hydrogens (primary N) is 1. The van der Waals surface area contributed by atoms with Crippen LogP contribution in [0.3, 0.4) is 0 Å². The van der Waals surface area contributed by atoms with Gasteiger partial charge in [-0.3, -0.25) is 9.69 Å². The van der Waals surface area contributed by atoms with E-state index in [9.17, 15) is 9.90 Å². The summed E-state index contributed by atoms with van der Waals surface area (Å²) in [5, 5.41) is 13.2. The molecule has 1 heterocycles. The van der Waals surface area contributed by atoms with Gasteiger partial charge >= 0.3 is 0 Å². The van der Waals surface area contributed by atoms with Crippen molar-refractivity contribution >= 4 is 5.91 Å². The van der Waals surface area contributed by atoms with E-state index in [1.54, 1.807) is 0 Å². The summed E-state index contributed by atoms with van der Waals surface area (Å²) >= 11 is 0. The van der Waals surface area contributed by atoms with Crippen LogP contribution in [0.5, 0.6) is 0 Å². The van der Waals surface area contributed by atoms with Crippen molar-refractivity contribution in [3.8, 4) is 0 Å². The fourth-order valence-corrected chi connectivity index (χ4v) is 2.63. The van der Waals surface area contributed by atoms with Gasteiger partial charge in [-0.15, -0.1) is 0 Å². The number of amides is 1. The molecule has 1 aliphatic rings. The molecule has 2 atom stereocenters. The normalized spacial score (nSPS) is 21.6. The maximum absolute atomic E-state index is 11.8. The van der Waals surface area contributed by atoms with E-state index in [0.717, 1.165) is 24.1 Å². The number of nitrogens with one attached hydrogen (secondary N) is 1. The van der Waals surface area contributed by atoms with E-state index in [-0.39, 0.29) is 11.9 Å². The lowest BCUT2D eigenvalue weighted by molar-refractivity contribution is -0.129. The third-order valence-electron chi connectivity index (χ3n) is 3.84. The number of rotatable bonds is 5. The number of aliphatic hydroxyl groups is 1. The highest BCUT2D eigenvalue weighted by molar-refractivity contribution is 5.82. The Hall–Kier alpha value is -1.43. The molecular weight excluding hydrogens is 254 g/mol. The molecule has 1 amide bonds. The first-order valence-electron chi connectivity index (χ1n) is 7.14. The Morgan fingerprint density at radius 2 is 2.15 bits per heavy atom. The largest absolute Gasteiger partial charge is 0.387 e. The highest BCUT2D eigenvalue weighted by Gasteiger charge is 2.29. The van der Waals surface area contributed by atoms with Crippen molar-refractivity contribution in [3.63, 3.8) is 0 Å². The summed E-state index contributed by atoms with van der Waals surface area (Å²) in [5.41, 5.74) is 7.47. The van der Waals surface area contributed by atoms with Crippen LogP contribution in [-0.4, -0.2) is 41.6 Å². The lowest BCUT2D eigenvalue weighted by atomic mass is 10.0. The van der Waals surface area contributed by atoms with Gasteiger partial charge in [-0.25, -0.2) is 0 Å². The second kappa shape index (κ2) is 6.83. The van der Waals surface area contributed by atoms with E-state index >= 15 is 0 Å². The van der Waals surface area contributed by atoms with Crippen LogP contribution in [0.2, 0.25) is 0 Å². The summed E-state index contributed by atoms with van der Waals surface area (Å²) in [4.78, 5) is 13.8. The molecule has 0 aromatic heterocycles. The summed E-state index contributed by atoms with van der Waals surface area (Å²) in [7, 11) is 0. The van der Waals surface area contributed by atoms with Gasteiger partial charge in [-0.1, -0.05) is 31.2 Å². The van der Waals surface area contributed by atoms with Crippen molar-refractivity contribution in [1.29, 1.82) is 0 Å². The van der Waals surface area contributed by atoms with Gasteiger partial charge in [0, 0.05) is 26.2 Å². The Bertz CT molecular complexity index is 447. The van der Waals surface area contributed by atoms with Crippen molar-refractivity contribution < 1.29 is 9.90 Å². The minimum absolute atomic E-state index is 0.0597. The molecule has 1 aliphatic heterocycles. The van der Waals surface area contributed by atoms with E-state index in [0.29, 0.717) is 19.6 Å². The molecule has 0 bridgehead atoms. The summed E-state index contributed by atoms with van der Waals surface area (Å²) in [6, 6.07) is 7.52. The van der Waals surface area contributed by atoms with Crippen molar-refractivity contribution in [2.24, 2.45) is 5.73 Å². The predicted octanol–water partition coefficient (Wildman–Crippen LogP) is 0.389. The van der Waals surface area contributed by atoms with Gasteiger partial charge in [-0.05, 0) is 17.5 Å². The fraction of sp³-hybridized carbons (Fsp3) is 0.533. The van der Waals surface area contributed by atoms with Crippen molar-refractivity contribution in [3.05, 3.63) is 35.4 Å². The zero-order chi connectivity index (χ0) is 14.5. The molecule has 0 aliphatic carbocycles. The Kier molecular flexibility index (Phi) is 5.11. The monoisotopic (exact) mass is 277 g/mol. The number of nitrogens with zero attached hydrogens (tertiary/aromatic N) is 1. The summed E-state index contributed by atoms with van der Waals surface area (Å²) in [6.45, 7) is 4.40. The zero-order valence-electron chi connectivity index (χ0n) is 11.9. The quantitative estimate of drug-likeness (QED) is 0.727.